The zero-order chi connectivity index (χ0) is 26.2. The maximum absolute atomic E-state index is 14.6. The summed E-state index contributed by atoms with van der Waals surface area (Å²) < 4.78 is 27.3. The Morgan fingerprint density at radius 2 is 1.51 bits per heavy atom. The maximum Gasteiger partial charge on any atom is 0.178 e. The van der Waals surface area contributed by atoms with E-state index in [1.165, 1.54) is 17.1 Å². The molecule has 195 valence electrons. The summed E-state index contributed by atoms with van der Waals surface area (Å²) in [7, 11) is 2.36. The van der Waals surface area contributed by atoms with E-state index >= 15 is 0 Å². The number of fused-ring (bicyclic) bond motifs is 3. The van der Waals surface area contributed by atoms with E-state index in [2.05, 4.69) is 83.8 Å². The van der Waals surface area contributed by atoms with Crippen LogP contribution in [0, 0.1) is 5.82 Å². The first-order valence-electron chi connectivity index (χ1n) is 13.9. The van der Waals surface area contributed by atoms with E-state index in [1.807, 2.05) is 6.07 Å². The SMILES string of the molecule is Fc1cccc(C2(c3ccc(N4CC[B]CC4)cc3)C=Cc3c(cc(N4CCOCC4)c4ccccc34)O2)c1. The largest absolute Gasteiger partial charge is 0.473 e. The Kier molecular flexibility index (Phi) is 6.28. The second kappa shape index (κ2) is 10.1. The van der Waals surface area contributed by atoms with Gasteiger partial charge in [-0.25, -0.2) is 4.39 Å². The summed E-state index contributed by atoms with van der Waals surface area (Å²) in [4.78, 5) is 4.80. The predicted octanol–water partition coefficient (Wildman–Crippen LogP) is 6.53. The highest BCUT2D eigenvalue weighted by Gasteiger charge is 2.38. The Morgan fingerprint density at radius 1 is 0.744 bits per heavy atom. The van der Waals surface area contributed by atoms with Crippen molar-refractivity contribution in [3.63, 3.8) is 0 Å². The number of halogens is 1. The van der Waals surface area contributed by atoms with Crippen LogP contribution < -0.4 is 14.5 Å². The fourth-order valence-electron chi connectivity index (χ4n) is 6.21. The number of rotatable bonds is 4. The summed E-state index contributed by atoms with van der Waals surface area (Å²) in [5, 5.41) is 2.35. The quantitative estimate of drug-likeness (QED) is 0.288. The molecule has 1 radical (unpaired) electrons. The minimum absolute atomic E-state index is 0.275. The van der Waals surface area contributed by atoms with Gasteiger partial charge in [-0.3, -0.25) is 0 Å². The lowest BCUT2D eigenvalue weighted by atomic mass is 9.68. The monoisotopic (exact) mass is 517 g/mol. The van der Waals surface area contributed by atoms with Crippen molar-refractivity contribution >= 4 is 35.5 Å². The third kappa shape index (κ3) is 4.37. The highest BCUT2D eigenvalue weighted by Crippen LogP contribution is 2.47. The topological polar surface area (TPSA) is 24.9 Å². The fourth-order valence-corrected chi connectivity index (χ4v) is 6.21. The molecule has 0 spiro atoms. The molecule has 6 heteroatoms. The van der Waals surface area contributed by atoms with Crippen LogP contribution in [0.4, 0.5) is 15.8 Å². The molecule has 0 aromatic heterocycles. The molecular weight excluding hydrogens is 486 g/mol. The van der Waals surface area contributed by atoms with Crippen LogP contribution in [-0.4, -0.2) is 46.7 Å². The van der Waals surface area contributed by atoms with E-state index in [4.69, 9.17) is 9.47 Å². The van der Waals surface area contributed by atoms with Crippen LogP contribution in [0.3, 0.4) is 0 Å². The zero-order valence-electron chi connectivity index (χ0n) is 22.0. The lowest BCUT2D eigenvalue weighted by molar-refractivity contribution is 0.122. The van der Waals surface area contributed by atoms with Crippen LogP contribution in [-0.2, 0) is 10.3 Å². The zero-order valence-corrected chi connectivity index (χ0v) is 22.0. The second-order valence-corrected chi connectivity index (χ2v) is 10.5. The van der Waals surface area contributed by atoms with Crippen molar-refractivity contribution in [1.29, 1.82) is 0 Å². The number of ether oxygens (including phenoxy) is 2. The Balaban J connectivity index is 1.36. The van der Waals surface area contributed by atoms with E-state index in [0.717, 1.165) is 72.3 Å². The molecule has 39 heavy (non-hydrogen) atoms. The molecule has 0 amide bonds. The third-order valence-corrected chi connectivity index (χ3v) is 8.25. The number of hydrogen-bond acceptors (Lipinski definition) is 4. The molecule has 3 heterocycles. The van der Waals surface area contributed by atoms with Gasteiger partial charge in [0.1, 0.15) is 18.8 Å². The van der Waals surface area contributed by atoms with Crippen LogP contribution >= 0.6 is 0 Å². The molecule has 3 aliphatic heterocycles. The average Bonchev–Trinajstić information content (AvgIpc) is 3.01. The van der Waals surface area contributed by atoms with Crippen molar-refractivity contribution < 1.29 is 13.9 Å². The molecule has 0 aliphatic carbocycles. The molecule has 7 rings (SSSR count). The Labute approximate surface area is 229 Å². The summed E-state index contributed by atoms with van der Waals surface area (Å²) >= 11 is 0. The second-order valence-electron chi connectivity index (χ2n) is 10.5. The number of benzene rings is 4. The molecule has 0 bridgehead atoms. The van der Waals surface area contributed by atoms with Crippen molar-refractivity contribution in [2.24, 2.45) is 0 Å². The Morgan fingerprint density at radius 3 is 2.28 bits per heavy atom. The predicted molar refractivity (Wildman–Crippen MR) is 158 cm³/mol. The van der Waals surface area contributed by atoms with Crippen molar-refractivity contribution in [3.05, 3.63) is 107 Å². The van der Waals surface area contributed by atoms with E-state index in [9.17, 15) is 4.39 Å². The lowest BCUT2D eigenvalue weighted by Gasteiger charge is -2.38. The van der Waals surface area contributed by atoms with Crippen molar-refractivity contribution in [1.82, 2.24) is 0 Å². The van der Waals surface area contributed by atoms with Gasteiger partial charge in [0.2, 0.25) is 0 Å². The molecule has 3 aliphatic rings. The van der Waals surface area contributed by atoms with E-state index < -0.39 is 5.60 Å². The van der Waals surface area contributed by atoms with Crippen molar-refractivity contribution in [2.45, 2.75) is 18.2 Å². The average molecular weight is 517 g/mol. The molecule has 1 unspecified atom stereocenters. The van der Waals surface area contributed by atoms with Crippen LogP contribution in [0.15, 0.2) is 84.9 Å². The molecule has 2 saturated heterocycles. The molecule has 0 N–H and O–H groups in total. The van der Waals surface area contributed by atoms with E-state index in [0.29, 0.717) is 13.2 Å². The summed E-state index contributed by atoms with van der Waals surface area (Å²) in [5.74, 6) is 0.529. The Hall–Kier alpha value is -3.77. The minimum atomic E-state index is -0.950. The van der Waals surface area contributed by atoms with E-state index in [1.54, 1.807) is 12.1 Å². The first-order chi connectivity index (χ1) is 19.2. The summed E-state index contributed by atoms with van der Waals surface area (Å²) in [6.45, 7) is 5.17. The molecule has 2 fully saturated rings. The molecule has 4 aromatic carbocycles. The Bertz CT molecular complexity index is 1530. The van der Waals surface area contributed by atoms with Crippen molar-refractivity contribution in [2.75, 3.05) is 49.2 Å². The molecule has 0 saturated carbocycles. The highest BCUT2D eigenvalue weighted by atomic mass is 19.1. The lowest BCUT2D eigenvalue weighted by Crippen LogP contribution is -2.37. The van der Waals surface area contributed by atoms with Crippen molar-refractivity contribution in [3.8, 4) is 5.75 Å². The summed E-state index contributed by atoms with van der Waals surface area (Å²) in [6, 6.07) is 26.1. The number of nitrogens with zero attached hydrogens (tertiary/aromatic N) is 2. The van der Waals surface area contributed by atoms with Gasteiger partial charge in [-0.2, -0.15) is 0 Å². The van der Waals surface area contributed by atoms with Gasteiger partial charge in [0, 0.05) is 65.7 Å². The van der Waals surface area contributed by atoms with Gasteiger partial charge in [0.15, 0.2) is 5.60 Å². The number of morpholine rings is 1. The van der Waals surface area contributed by atoms with Crippen LogP contribution in [0.25, 0.3) is 16.8 Å². The van der Waals surface area contributed by atoms with Gasteiger partial charge in [-0.1, -0.05) is 61.2 Å². The first kappa shape index (κ1) is 24.3. The summed E-state index contributed by atoms with van der Waals surface area (Å²) in [6.07, 6.45) is 6.47. The normalized spacial score (nSPS) is 20.8. The van der Waals surface area contributed by atoms with Gasteiger partial charge in [0.25, 0.3) is 0 Å². The molecule has 4 aromatic rings. The van der Waals surface area contributed by atoms with Gasteiger partial charge in [-0.15, -0.1) is 0 Å². The van der Waals surface area contributed by atoms with Gasteiger partial charge >= 0.3 is 0 Å². The number of anilines is 2. The first-order valence-corrected chi connectivity index (χ1v) is 13.9. The molecule has 4 nitrogen and oxygen atoms in total. The third-order valence-electron chi connectivity index (χ3n) is 8.25. The van der Waals surface area contributed by atoms with Gasteiger partial charge in [0.05, 0.1) is 13.2 Å². The fraction of sp³-hybridized carbons (Fsp3) is 0.273. The minimum Gasteiger partial charge on any atom is -0.473 e. The molecule has 1 atom stereocenters. The van der Waals surface area contributed by atoms with Gasteiger partial charge in [-0.05, 0) is 41.8 Å². The van der Waals surface area contributed by atoms with Gasteiger partial charge < -0.3 is 19.3 Å². The van der Waals surface area contributed by atoms with E-state index in [-0.39, 0.29) is 5.82 Å². The van der Waals surface area contributed by atoms with Crippen LogP contribution in [0.1, 0.15) is 16.7 Å². The standard InChI is InChI=1S/C33H31BFN2O2/c35-26-5-3-4-25(22-26)33(24-8-10-27(11-9-24)36-16-14-34-15-17-36)13-12-30-28-6-1-2-7-29(28)31(23-32(30)39-33)37-18-20-38-21-19-37/h1-13,22-23H,14-21H2. The van der Waals surface area contributed by atoms with Crippen LogP contribution in [0.5, 0.6) is 5.75 Å². The highest BCUT2D eigenvalue weighted by molar-refractivity contribution is 6.36. The smallest absolute Gasteiger partial charge is 0.178 e. The van der Waals surface area contributed by atoms with Crippen LogP contribution in [0.2, 0.25) is 12.6 Å². The maximum atomic E-state index is 14.6. The summed E-state index contributed by atoms with van der Waals surface area (Å²) in [5.41, 5.74) is 4.20. The molecular formula is C33H31BFN2O2. The number of hydrogen-bond donors (Lipinski definition) is 0.